The Kier molecular flexibility index (Phi) is 2.46. The zero-order valence-electron chi connectivity index (χ0n) is 8.31. The number of aliphatic carboxylic acids is 1. The molecule has 82 valence electrons. The Hall–Kier alpha value is -1.39. The third kappa shape index (κ3) is 2.00. The van der Waals surface area contributed by atoms with Crippen molar-refractivity contribution >= 4 is 17.8 Å². The zero-order chi connectivity index (χ0) is 11.0. The van der Waals surface area contributed by atoms with Gasteiger partial charge >= 0.3 is 5.97 Å². The third-order valence-corrected chi connectivity index (χ3v) is 2.97. The fourth-order valence-electron chi connectivity index (χ4n) is 1.83. The molecule has 2 amide bonds. The summed E-state index contributed by atoms with van der Waals surface area (Å²) >= 11 is 0. The number of carbonyl (C=O) groups excluding carboxylic acids is 2. The first-order valence-electron chi connectivity index (χ1n) is 5.16. The van der Waals surface area contributed by atoms with E-state index in [0.717, 1.165) is 12.8 Å². The van der Waals surface area contributed by atoms with Gasteiger partial charge in [0.25, 0.3) is 0 Å². The van der Waals surface area contributed by atoms with E-state index in [0.29, 0.717) is 6.42 Å². The van der Waals surface area contributed by atoms with Crippen LogP contribution in [-0.4, -0.2) is 34.3 Å². The van der Waals surface area contributed by atoms with Crippen LogP contribution in [-0.2, 0) is 14.4 Å². The summed E-state index contributed by atoms with van der Waals surface area (Å²) in [6, 6.07) is 0. The van der Waals surface area contributed by atoms with Gasteiger partial charge in [-0.2, -0.15) is 0 Å². The highest BCUT2D eigenvalue weighted by atomic mass is 16.4. The zero-order valence-corrected chi connectivity index (χ0v) is 8.31. The van der Waals surface area contributed by atoms with Gasteiger partial charge in [-0.25, -0.2) is 0 Å². The normalized spacial score (nSPS) is 26.5. The highest BCUT2D eigenvalue weighted by Crippen LogP contribution is 2.32. The number of nitrogens with zero attached hydrogens (tertiary/aromatic N) is 1. The van der Waals surface area contributed by atoms with Crippen molar-refractivity contribution in [1.82, 2.24) is 4.90 Å². The maximum Gasteiger partial charge on any atom is 0.307 e. The van der Waals surface area contributed by atoms with Gasteiger partial charge in [0.15, 0.2) is 0 Å². The molecule has 1 atom stereocenters. The summed E-state index contributed by atoms with van der Waals surface area (Å²) in [6.07, 6.45) is 2.09. The van der Waals surface area contributed by atoms with Crippen LogP contribution < -0.4 is 0 Å². The Balaban J connectivity index is 1.97. The second kappa shape index (κ2) is 3.64. The lowest BCUT2D eigenvalue weighted by Gasteiger charge is -2.28. The minimum absolute atomic E-state index is 0.0235. The number of rotatable bonds is 2. The van der Waals surface area contributed by atoms with E-state index in [9.17, 15) is 14.4 Å². The number of likely N-dealkylation sites (tertiary alicyclic amines) is 1. The molecule has 1 aliphatic heterocycles. The Morgan fingerprint density at radius 1 is 1.20 bits per heavy atom. The molecule has 0 aromatic rings. The van der Waals surface area contributed by atoms with E-state index in [1.807, 2.05) is 0 Å². The summed E-state index contributed by atoms with van der Waals surface area (Å²) in [5.74, 6) is -1.97. The number of imide groups is 1. The van der Waals surface area contributed by atoms with Crippen LogP contribution in [0.25, 0.3) is 0 Å². The van der Waals surface area contributed by atoms with Crippen LogP contribution in [0.4, 0.5) is 0 Å². The molecule has 1 saturated heterocycles. The number of piperidine rings is 1. The molecule has 1 unspecified atom stereocenters. The lowest BCUT2D eigenvalue weighted by Crippen LogP contribution is -2.45. The fraction of sp³-hybridized carbons (Fsp3) is 0.700. The van der Waals surface area contributed by atoms with Gasteiger partial charge in [-0.3, -0.25) is 19.3 Å². The first-order chi connectivity index (χ1) is 7.09. The number of hydrogen-bond acceptors (Lipinski definition) is 3. The molecule has 0 bridgehead atoms. The number of carboxylic acid groups (broad SMARTS) is 1. The van der Waals surface area contributed by atoms with Crippen molar-refractivity contribution in [3.8, 4) is 0 Å². The standard InChI is InChI=1S/C10H13NO4/c12-8-5-7(10(14)15)3-4-11(8)9(13)6-1-2-6/h6-7H,1-5H2,(H,14,15). The van der Waals surface area contributed by atoms with Gasteiger partial charge in [-0.15, -0.1) is 0 Å². The first kappa shape index (κ1) is 10.1. The predicted octanol–water partition coefficient (Wildman–Crippen LogP) is 0.246. The predicted molar refractivity (Wildman–Crippen MR) is 49.8 cm³/mol. The van der Waals surface area contributed by atoms with Crippen LogP contribution in [0.2, 0.25) is 0 Å². The smallest absolute Gasteiger partial charge is 0.307 e. The van der Waals surface area contributed by atoms with Crippen LogP contribution in [0.3, 0.4) is 0 Å². The molecule has 2 aliphatic rings. The molecular formula is C10H13NO4. The molecular weight excluding hydrogens is 198 g/mol. The number of carboxylic acids is 1. The van der Waals surface area contributed by atoms with Crippen LogP contribution in [0.1, 0.15) is 25.7 Å². The highest BCUT2D eigenvalue weighted by Gasteiger charge is 2.39. The minimum atomic E-state index is -0.943. The van der Waals surface area contributed by atoms with E-state index in [-0.39, 0.29) is 30.7 Å². The van der Waals surface area contributed by atoms with E-state index in [1.165, 1.54) is 4.90 Å². The SMILES string of the molecule is O=C(O)C1CCN(C(=O)C2CC2)C(=O)C1. The van der Waals surface area contributed by atoms with Gasteiger partial charge in [0.1, 0.15) is 0 Å². The van der Waals surface area contributed by atoms with E-state index < -0.39 is 11.9 Å². The van der Waals surface area contributed by atoms with Crippen LogP contribution in [0.5, 0.6) is 0 Å². The van der Waals surface area contributed by atoms with Gasteiger partial charge in [-0.05, 0) is 19.3 Å². The summed E-state index contributed by atoms with van der Waals surface area (Å²) in [7, 11) is 0. The molecule has 0 spiro atoms. The van der Waals surface area contributed by atoms with Crippen LogP contribution >= 0.6 is 0 Å². The second-order valence-corrected chi connectivity index (χ2v) is 4.19. The molecule has 15 heavy (non-hydrogen) atoms. The van der Waals surface area contributed by atoms with Crippen LogP contribution in [0.15, 0.2) is 0 Å². The van der Waals surface area contributed by atoms with Crippen molar-refractivity contribution < 1.29 is 19.5 Å². The largest absolute Gasteiger partial charge is 0.481 e. The van der Waals surface area contributed by atoms with Crippen molar-refractivity contribution in [3.05, 3.63) is 0 Å². The quantitative estimate of drug-likeness (QED) is 0.664. The highest BCUT2D eigenvalue weighted by molar-refractivity contribution is 5.99. The van der Waals surface area contributed by atoms with Crippen molar-refractivity contribution in [2.45, 2.75) is 25.7 Å². The maximum absolute atomic E-state index is 11.6. The van der Waals surface area contributed by atoms with Crippen molar-refractivity contribution in [2.75, 3.05) is 6.54 Å². The molecule has 0 radical (unpaired) electrons. The molecule has 5 heteroatoms. The van der Waals surface area contributed by atoms with Crippen molar-refractivity contribution in [2.24, 2.45) is 11.8 Å². The molecule has 2 fully saturated rings. The van der Waals surface area contributed by atoms with E-state index in [1.54, 1.807) is 0 Å². The summed E-state index contributed by atoms with van der Waals surface area (Å²) in [5, 5.41) is 8.75. The fourth-order valence-corrected chi connectivity index (χ4v) is 1.83. The van der Waals surface area contributed by atoms with Crippen molar-refractivity contribution in [3.63, 3.8) is 0 Å². The van der Waals surface area contributed by atoms with Crippen molar-refractivity contribution in [1.29, 1.82) is 0 Å². The monoisotopic (exact) mass is 211 g/mol. The van der Waals surface area contributed by atoms with Gasteiger partial charge in [-0.1, -0.05) is 0 Å². The lowest BCUT2D eigenvalue weighted by molar-refractivity contribution is -0.155. The summed E-state index contributed by atoms with van der Waals surface area (Å²) in [5.41, 5.74) is 0. The second-order valence-electron chi connectivity index (χ2n) is 4.19. The number of carbonyl (C=O) groups is 3. The summed E-state index contributed by atoms with van der Waals surface area (Å²) in [4.78, 5) is 35.0. The van der Waals surface area contributed by atoms with E-state index in [4.69, 9.17) is 5.11 Å². The average Bonchev–Trinajstić information content (AvgIpc) is 2.99. The first-order valence-corrected chi connectivity index (χ1v) is 5.16. The van der Waals surface area contributed by atoms with E-state index >= 15 is 0 Å². The Morgan fingerprint density at radius 2 is 1.87 bits per heavy atom. The molecule has 5 nitrogen and oxygen atoms in total. The molecule has 1 N–H and O–H groups in total. The topological polar surface area (TPSA) is 74.7 Å². The van der Waals surface area contributed by atoms with Gasteiger partial charge in [0.05, 0.1) is 5.92 Å². The average molecular weight is 211 g/mol. The Morgan fingerprint density at radius 3 is 2.33 bits per heavy atom. The molecule has 2 rings (SSSR count). The maximum atomic E-state index is 11.6. The van der Waals surface area contributed by atoms with Crippen LogP contribution in [0, 0.1) is 11.8 Å². The molecule has 1 heterocycles. The molecule has 0 aromatic heterocycles. The number of amides is 2. The lowest BCUT2D eigenvalue weighted by atomic mass is 9.96. The van der Waals surface area contributed by atoms with Gasteiger partial charge in [0.2, 0.25) is 11.8 Å². The third-order valence-electron chi connectivity index (χ3n) is 2.97. The molecule has 1 saturated carbocycles. The molecule has 1 aliphatic carbocycles. The summed E-state index contributed by atoms with van der Waals surface area (Å²) < 4.78 is 0. The van der Waals surface area contributed by atoms with Gasteiger partial charge < -0.3 is 5.11 Å². The van der Waals surface area contributed by atoms with E-state index in [2.05, 4.69) is 0 Å². The van der Waals surface area contributed by atoms with Gasteiger partial charge in [0, 0.05) is 18.9 Å². The summed E-state index contributed by atoms with van der Waals surface area (Å²) in [6.45, 7) is 0.269. The Labute approximate surface area is 87.1 Å². The molecule has 0 aromatic carbocycles. The Bertz CT molecular complexity index is 321. The number of hydrogen-bond donors (Lipinski definition) is 1. The minimum Gasteiger partial charge on any atom is -0.481 e.